The van der Waals surface area contributed by atoms with Crippen LogP contribution in [0, 0.1) is 0 Å². The molecule has 1 aromatic carbocycles. The van der Waals surface area contributed by atoms with Crippen LogP contribution >= 0.6 is 0 Å². The Labute approximate surface area is 121 Å². The minimum absolute atomic E-state index is 0.138. The molecule has 0 aliphatic rings. The quantitative estimate of drug-likeness (QED) is 0.832. The van der Waals surface area contributed by atoms with E-state index in [2.05, 4.69) is 11.8 Å². The maximum atomic E-state index is 11.2. The molecular weight excluding hydrogens is 276 g/mol. The average Bonchev–Trinajstić information content (AvgIpc) is 2.36. The SMILES string of the molecule is CC(C)OCCN(C)[C@@H](C)c1ccc(S(N)(=O)=O)cc1. The standard InChI is InChI=1S/C14H24N2O3S/c1-11(2)19-10-9-16(4)12(3)13-5-7-14(8-6-13)20(15,17)18/h5-8,11-12H,9-10H2,1-4H3,(H2,15,17,18)/t12-/m0/s1. The first-order valence-electron chi connectivity index (χ1n) is 6.66. The lowest BCUT2D eigenvalue weighted by Crippen LogP contribution is -2.27. The van der Waals surface area contributed by atoms with E-state index in [9.17, 15) is 8.42 Å². The molecule has 0 aliphatic carbocycles. The number of nitrogens with zero attached hydrogens (tertiary/aromatic N) is 1. The molecule has 0 amide bonds. The summed E-state index contributed by atoms with van der Waals surface area (Å²) >= 11 is 0. The molecule has 0 unspecified atom stereocenters. The lowest BCUT2D eigenvalue weighted by Gasteiger charge is -2.25. The number of rotatable bonds is 7. The Morgan fingerprint density at radius 2 is 1.75 bits per heavy atom. The van der Waals surface area contributed by atoms with Crippen LogP contribution in [0.1, 0.15) is 32.4 Å². The second-order valence-corrected chi connectivity index (χ2v) is 6.75. The molecule has 0 heterocycles. The van der Waals surface area contributed by atoms with Crippen molar-refractivity contribution in [1.82, 2.24) is 4.90 Å². The maximum Gasteiger partial charge on any atom is 0.238 e. The molecule has 0 spiro atoms. The van der Waals surface area contributed by atoms with Crippen molar-refractivity contribution in [2.75, 3.05) is 20.2 Å². The normalized spacial score (nSPS) is 13.9. The van der Waals surface area contributed by atoms with Gasteiger partial charge in [-0.05, 0) is 45.5 Å². The molecule has 0 aromatic heterocycles. The highest BCUT2D eigenvalue weighted by Crippen LogP contribution is 2.20. The molecule has 0 saturated carbocycles. The van der Waals surface area contributed by atoms with E-state index in [1.54, 1.807) is 24.3 Å². The molecule has 1 atom stereocenters. The topological polar surface area (TPSA) is 72.6 Å². The summed E-state index contributed by atoms with van der Waals surface area (Å²) < 4.78 is 27.9. The van der Waals surface area contributed by atoms with Gasteiger partial charge >= 0.3 is 0 Å². The number of nitrogens with two attached hydrogens (primary N) is 1. The van der Waals surface area contributed by atoms with Crippen molar-refractivity contribution in [3.8, 4) is 0 Å². The van der Waals surface area contributed by atoms with E-state index < -0.39 is 10.0 Å². The van der Waals surface area contributed by atoms with Gasteiger partial charge in [-0.15, -0.1) is 0 Å². The number of sulfonamides is 1. The molecule has 0 aliphatic heterocycles. The van der Waals surface area contributed by atoms with Crippen molar-refractivity contribution < 1.29 is 13.2 Å². The predicted octanol–water partition coefficient (Wildman–Crippen LogP) is 1.75. The molecule has 0 bridgehead atoms. The van der Waals surface area contributed by atoms with E-state index in [4.69, 9.17) is 9.88 Å². The van der Waals surface area contributed by atoms with E-state index in [-0.39, 0.29) is 17.0 Å². The zero-order chi connectivity index (χ0) is 15.3. The first kappa shape index (κ1) is 17.1. The highest BCUT2D eigenvalue weighted by molar-refractivity contribution is 7.89. The van der Waals surface area contributed by atoms with Gasteiger partial charge < -0.3 is 4.74 Å². The second kappa shape index (κ2) is 7.17. The Bertz CT molecular complexity index is 512. The van der Waals surface area contributed by atoms with Crippen molar-refractivity contribution in [2.24, 2.45) is 5.14 Å². The largest absolute Gasteiger partial charge is 0.377 e. The minimum atomic E-state index is -3.62. The van der Waals surface area contributed by atoms with Gasteiger partial charge in [-0.3, -0.25) is 4.90 Å². The van der Waals surface area contributed by atoms with Crippen molar-refractivity contribution >= 4 is 10.0 Å². The van der Waals surface area contributed by atoms with Gasteiger partial charge in [0.25, 0.3) is 0 Å². The van der Waals surface area contributed by atoms with E-state index in [1.165, 1.54) is 0 Å². The summed E-state index contributed by atoms with van der Waals surface area (Å²) in [5.74, 6) is 0. The summed E-state index contributed by atoms with van der Waals surface area (Å²) in [5.41, 5.74) is 1.05. The van der Waals surface area contributed by atoms with Gasteiger partial charge in [0.1, 0.15) is 0 Å². The summed E-state index contributed by atoms with van der Waals surface area (Å²) in [6, 6.07) is 6.86. The molecule has 6 heteroatoms. The van der Waals surface area contributed by atoms with Crippen LogP contribution in [-0.2, 0) is 14.8 Å². The van der Waals surface area contributed by atoms with Crippen LogP contribution < -0.4 is 5.14 Å². The summed E-state index contributed by atoms with van der Waals surface area (Å²) in [4.78, 5) is 2.30. The number of primary sulfonamides is 1. The van der Waals surface area contributed by atoms with Gasteiger partial charge in [0.15, 0.2) is 0 Å². The summed E-state index contributed by atoms with van der Waals surface area (Å²) in [6.45, 7) is 7.58. The summed E-state index contributed by atoms with van der Waals surface area (Å²) in [5, 5.41) is 5.08. The molecule has 2 N–H and O–H groups in total. The number of likely N-dealkylation sites (N-methyl/N-ethyl adjacent to an activating group) is 1. The third-order valence-corrected chi connectivity index (χ3v) is 4.18. The van der Waals surface area contributed by atoms with Crippen LogP contribution in [0.3, 0.4) is 0 Å². The van der Waals surface area contributed by atoms with Crippen LogP contribution in [-0.4, -0.2) is 39.6 Å². The first-order valence-corrected chi connectivity index (χ1v) is 8.21. The van der Waals surface area contributed by atoms with Crippen molar-refractivity contribution in [3.05, 3.63) is 29.8 Å². The Balaban J connectivity index is 2.65. The van der Waals surface area contributed by atoms with Crippen LogP contribution in [0.15, 0.2) is 29.2 Å². The fraction of sp³-hybridized carbons (Fsp3) is 0.571. The highest BCUT2D eigenvalue weighted by Gasteiger charge is 2.13. The van der Waals surface area contributed by atoms with Gasteiger partial charge in [0, 0.05) is 12.6 Å². The van der Waals surface area contributed by atoms with E-state index >= 15 is 0 Å². The Hall–Kier alpha value is -0.950. The molecule has 1 rings (SSSR count). The summed E-state index contributed by atoms with van der Waals surface area (Å²) in [7, 11) is -1.61. The lowest BCUT2D eigenvalue weighted by molar-refractivity contribution is 0.0573. The minimum Gasteiger partial charge on any atom is -0.377 e. The smallest absolute Gasteiger partial charge is 0.238 e. The van der Waals surface area contributed by atoms with Crippen LogP contribution in [0.4, 0.5) is 0 Å². The van der Waals surface area contributed by atoms with Crippen LogP contribution in [0.25, 0.3) is 0 Å². The van der Waals surface area contributed by atoms with Crippen molar-refractivity contribution in [1.29, 1.82) is 0 Å². The maximum absolute atomic E-state index is 11.2. The van der Waals surface area contributed by atoms with Crippen LogP contribution in [0.5, 0.6) is 0 Å². The fourth-order valence-corrected chi connectivity index (χ4v) is 2.33. The molecule has 5 nitrogen and oxygen atoms in total. The Kier molecular flexibility index (Phi) is 6.13. The zero-order valence-corrected chi connectivity index (χ0v) is 13.4. The third-order valence-electron chi connectivity index (χ3n) is 3.25. The second-order valence-electron chi connectivity index (χ2n) is 5.19. The molecule has 0 saturated heterocycles. The van der Waals surface area contributed by atoms with Gasteiger partial charge in [0.05, 0.1) is 17.6 Å². The van der Waals surface area contributed by atoms with Gasteiger partial charge in [-0.1, -0.05) is 12.1 Å². The van der Waals surface area contributed by atoms with Gasteiger partial charge in [0.2, 0.25) is 10.0 Å². The molecule has 1 aromatic rings. The van der Waals surface area contributed by atoms with Crippen molar-refractivity contribution in [2.45, 2.75) is 37.8 Å². The monoisotopic (exact) mass is 300 g/mol. The summed E-state index contributed by atoms with van der Waals surface area (Å²) in [6.07, 6.45) is 0.229. The van der Waals surface area contributed by atoms with Gasteiger partial charge in [-0.25, -0.2) is 13.6 Å². The fourth-order valence-electron chi connectivity index (χ4n) is 1.82. The number of benzene rings is 1. The van der Waals surface area contributed by atoms with E-state index in [0.717, 1.165) is 12.1 Å². The molecular formula is C14H24N2O3S. The average molecular weight is 300 g/mol. The number of hydrogen-bond acceptors (Lipinski definition) is 4. The molecule has 114 valence electrons. The van der Waals surface area contributed by atoms with E-state index in [1.807, 2.05) is 20.9 Å². The Morgan fingerprint density at radius 1 is 1.20 bits per heavy atom. The third kappa shape index (κ3) is 5.20. The Morgan fingerprint density at radius 3 is 2.20 bits per heavy atom. The van der Waals surface area contributed by atoms with E-state index in [0.29, 0.717) is 6.61 Å². The molecule has 0 fully saturated rings. The number of hydrogen-bond donors (Lipinski definition) is 1. The molecule has 0 radical (unpaired) electrons. The molecule has 20 heavy (non-hydrogen) atoms. The zero-order valence-electron chi connectivity index (χ0n) is 12.5. The number of ether oxygens (including phenoxy) is 1. The highest BCUT2D eigenvalue weighted by atomic mass is 32.2. The van der Waals surface area contributed by atoms with Crippen LogP contribution in [0.2, 0.25) is 0 Å². The van der Waals surface area contributed by atoms with Crippen molar-refractivity contribution in [3.63, 3.8) is 0 Å². The van der Waals surface area contributed by atoms with Gasteiger partial charge in [-0.2, -0.15) is 0 Å². The predicted molar refractivity (Wildman–Crippen MR) is 79.9 cm³/mol. The first-order chi connectivity index (χ1) is 9.21. The lowest BCUT2D eigenvalue weighted by atomic mass is 10.1.